The van der Waals surface area contributed by atoms with Crippen molar-refractivity contribution >= 4 is 17.3 Å². The summed E-state index contributed by atoms with van der Waals surface area (Å²) in [6, 6.07) is 24.0. The highest BCUT2D eigenvalue weighted by Gasteiger charge is 2.17. The normalized spacial score (nSPS) is 16.1. The fourth-order valence-corrected chi connectivity index (χ4v) is 4.35. The third kappa shape index (κ3) is 5.63. The summed E-state index contributed by atoms with van der Waals surface area (Å²) in [5.41, 5.74) is 7.30. The van der Waals surface area contributed by atoms with Crippen LogP contribution in [-0.4, -0.2) is 55.9 Å². The van der Waals surface area contributed by atoms with Gasteiger partial charge in [-0.15, -0.1) is 0 Å². The molecular weight excluding hydrogens is 440 g/mol. The second-order valence-corrected chi connectivity index (χ2v) is 8.79. The Morgan fingerprint density at radius 3 is 2.29 bits per heavy atom. The Morgan fingerprint density at radius 2 is 1.54 bits per heavy atom. The van der Waals surface area contributed by atoms with Crippen LogP contribution in [0.25, 0.3) is 0 Å². The summed E-state index contributed by atoms with van der Waals surface area (Å²) in [6.45, 7) is 7.90. The molecule has 2 aliphatic rings. The van der Waals surface area contributed by atoms with Crippen LogP contribution in [0.1, 0.15) is 28.4 Å². The summed E-state index contributed by atoms with van der Waals surface area (Å²) >= 11 is 0. The SMILES string of the molecule is C/C(=N/NC(=O)c1ccc(CN2CCN(c3ccccc3)CC2)cc1)c1ccc2c(c1)OCCO2. The molecule has 0 atom stereocenters. The summed E-state index contributed by atoms with van der Waals surface area (Å²) in [4.78, 5) is 17.5. The molecule has 3 aromatic carbocycles. The number of nitrogens with one attached hydrogen (secondary N) is 1. The number of hydrazone groups is 1. The Balaban J connectivity index is 1.13. The molecule has 0 radical (unpaired) electrons. The molecule has 0 spiro atoms. The van der Waals surface area contributed by atoms with Gasteiger partial charge in [0, 0.05) is 49.5 Å². The molecule has 2 heterocycles. The molecule has 35 heavy (non-hydrogen) atoms. The maximum Gasteiger partial charge on any atom is 0.271 e. The minimum atomic E-state index is -0.232. The highest BCUT2D eigenvalue weighted by Crippen LogP contribution is 2.30. The predicted molar refractivity (Wildman–Crippen MR) is 137 cm³/mol. The minimum Gasteiger partial charge on any atom is -0.486 e. The third-order valence-corrected chi connectivity index (χ3v) is 6.40. The van der Waals surface area contributed by atoms with Crippen LogP contribution in [0.15, 0.2) is 77.9 Å². The van der Waals surface area contributed by atoms with Gasteiger partial charge in [0.05, 0.1) is 5.71 Å². The number of anilines is 1. The molecule has 1 amide bonds. The van der Waals surface area contributed by atoms with Crippen molar-refractivity contribution in [1.29, 1.82) is 0 Å². The van der Waals surface area contributed by atoms with E-state index in [9.17, 15) is 4.79 Å². The number of carbonyl (C=O) groups is 1. The van der Waals surface area contributed by atoms with Crippen molar-refractivity contribution in [3.8, 4) is 11.5 Å². The third-order valence-electron chi connectivity index (χ3n) is 6.40. The number of fused-ring (bicyclic) bond motifs is 1. The number of rotatable bonds is 6. The first kappa shape index (κ1) is 22.9. The average Bonchev–Trinajstić information content (AvgIpc) is 2.92. The van der Waals surface area contributed by atoms with Gasteiger partial charge >= 0.3 is 0 Å². The van der Waals surface area contributed by atoms with Gasteiger partial charge in [0.15, 0.2) is 11.5 Å². The summed E-state index contributed by atoms with van der Waals surface area (Å²) in [7, 11) is 0. The van der Waals surface area contributed by atoms with Gasteiger partial charge in [0.2, 0.25) is 0 Å². The maximum absolute atomic E-state index is 12.6. The van der Waals surface area contributed by atoms with Crippen LogP contribution in [0.5, 0.6) is 11.5 Å². The van der Waals surface area contributed by atoms with E-state index in [0.717, 1.165) is 44.0 Å². The fourth-order valence-electron chi connectivity index (χ4n) is 4.35. The first-order valence-corrected chi connectivity index (χ1v) is 12.0. The second kappa shape index (κ2) is 10.6. The second-order valence-electron chi connectivity index (χ2n) is 8.79. The molecule has 2 aliphatic heterocycles. The molecule has 0 aromatic heterocycles. The van der Waals surface area contributed by atoms with E-state index in [1.165, 1.54) is 11.3 Å². The standard InChI is InChI=1S/C28H30N4O3/c1-21(24-11-12-26-27(19-24)35-18-17-34-26)29-30-28(33)23-9-7-22(8-10-23)20-31-13-15-32(16-14-31)25-5-3-2-4-6-25/h2-12,19H,13-18,20H2,1H3,(H,30,33)/b29-21-. The zero-order chi connectivity index (χ0) is 24.0. The van der Waals surface area contributed by atoms with Crippen LogP contribution in [-0.2, 0) is 6.54 Å². The van der Waals surface area contributed by atoms with Crippen molar-refractivity contribution in [3.63, 3.8) is 0 Å². The van der Waals surface area contributed by atoms with Crippen LogP contribution in [0.3, 0.4) is 0 Å². The first-order chi connectivity index (χ1) is 17.2. The Morgan fingerprint density at radius 1 is 0.857 bits per heavy atom. The van der Waals surface area contributed by atoms with Gasteiger partial charge in [0.25, 0.3) is 5.91 Å². The molecular formula is C28H30N4O3. The molecule has 0 bridgehead atoms. The monoisotopic (exact) mass is 470 g/mol. The fraction of sp³-hybridized carbons (Fsp3) is 0.286. The molecule has 1 saturated heterocycles. The summed E-state index contributed by atoms with van der Waals surface area (Å²) in [6.07, 6.45) is 0. The topological polar surface area (TPSA) is 66.4 Å². The van der Waals surface area contributed by atoms with Crippen molar-refractivity contribution in [2.45, 2.75) is 13.5 Å². The van der Waals surface area contributed by atoms with Gasteiger partial charge in [-0.3, -0.25) is 9.69 Å². The van der Waals surface area contributed by atoms with E-state index in [1.54, 1.807) is 0 Å². The Labute approximate surface area is 206 Å². The van der Waals surface area contributed by atoms with Gasteiger partial charge < -0.3 is 14.4 Å². The molecule has 1 N–H and O–H groups in total. The van der Waals surface area contributed by atoms with E-state index in [2.05, 4.69) is 50.7 Å². The quantitative estimate of drug-likeness (QED) is 0.437. The number of hydrogen-bond acceptors (Lipinski definition) is 6. The number of piperazine rings is 1. The van der Waals surface area contributed by atoms with Crippen molar-refractivity contribution in [3.05, 3.63) is 89.5 Å². The lowest BCUT2D eigenvalue weighted by Crippen LogP contribution is -2.45. The molecule has 3 aromatic rings. The number of hydrogen-bond donors (Lipinski definition) is 1. The molecule has 5 rings (SSSR count). The largest absolute Gasteiger partial charge is 0.486 e. The average molecular weight is 471 g/mol. The van der Waals surface area contributed by atoms with E-state index in [1.807, 2.05) is 49.4 Å². The Hall–Kier alpha value is -3.84. The molecule has 0 saturated carbocycles. The Bertz CT molecular complexity index is 1190. The summed E-state index contributed by atoms with van der Waals surface area (Å²) < 4.78 is 11.2. The van der Waals surface area contributed by atoms with Crippen molar-refractivity contribution < 1.29 is 14.3 Å². The number of benzene rings is 3. The molecule has 0 aliphatic carbocycles. The van der Waals surface area contributed by atoms with Gasteiger partial charge in [-0.25, -0.2) is 5.43 Å². The van der Waals surface area contributed by atoms with Crippen LogP contribution in [0, 0.1) is 0 Å². The zero-order valence-electron chi connectivity index (χ0n) is 19.9. The number of ether oxygens (including phenoxy) is 2. The van der Waals surface area contributed by atoms with Crippen LogP contribution in [0.4, 0.5) is 5.69 Å². The molecule has 7 nitrogen and oxygen atoms in total. The highest BCUT2D eigenvalue weighted by molar-refractivity contribution is 6.01. The van der Waals surface area contributed by atoms with Gasteiger partial charge in [-0.1, -0.05) is 30.3 Å². The number of para-hydroxylation sites is 1. The number of carbonyl (C=O) groups excluding carboxylic acids is 1. The summed E-state index contributed by atoms with van der Waals surface area (Å²) in [5, 5.41) is 4.28. The van der Waals surface area contributed by atoms with Crippen LogP contribution in [0.2, 0.25) is 0 Å². The predicted octanol–water partition coefficient (Wildman–Crippen LogP) is 3.93. The van der Waals surface area contributed by atoms with E-state index >= 15 is 0 Å². The first-order valence-electron chi connectivity index (χ1n) is 12.0. The minimum absolute atomic E-state index is 0.232. The Kier molecular flexibility index (Phi) is 6.95. The van der Waals surface area contributed by atoms with Crippen molar-refractivity contribution in [1.82, 2.24) is 10.3 Å². The lowest BCUT2D eigenvalue weighted by Gasteiger charge is -2.36. The lowest BCUT2D eigenvalue weighted by molar-refractivity contribution is 0.0955. The number of nitrogens with zero attached hydrogens (tertiary/aromatic N) is 3. The summed E-state index contributed by atoms with van der Waals surface area (Å²) in [5.74, 6) is 1.20. The maximum atomic E-state index is 12.6. The van der Waals surface area contributed by atoms with Crippen LogP contribution >= 0.6 is 0 Å². The van der Waals surface area contributed by atoms with Gasteiger partial charge in [-0.2, -0.15) is 5.10 Å². The van der Waals surface area contributed by atoms with Crippen molar-refractivity contribution in [2.24, 2.45) is 5.10 Å². The van der Waals surface area contributed by atoms with E-state index < -0.39 is 0 Å². The smallest absolute Gasteiger partial charge is 0.271 e. The van der Waals surface area contributed by atoms with E-state index in [0.29, 0.717) is 30.2 Å². The number of amides is 1. The molecule has 0 unspecified atom stereocenters. The zero-order valence-corrected chi connectivity index (χ0v) is 19.9. The molecule has 180 valence electrons. The van der Waals surface area contributed by atoms with Gasteiger partial charge in [-0.05, 0) is 55.0 Å². The lowest BCUT2D eigenvalue weighted by atomic mass is 10.1. The molecule has 1 fully saturated rings. The highest BCUT2D eigenvalue weighted by atomic mass is 16.6. The van der Waals surface area contributed by atoms with Crippen molar-refractivity contribution in [2.75, 3.05) is 44.3 Å². The van der Waals surface area contributed by atoms with E-state index in [4.69, 9.17) is 9.47 Å². The van der Waals surface area contributed by atoms with Gasteiger partial charge in [0.1, 0.15) is 13.2 Å². The van der Waals surface area contributed by atoms with Crippen LogP contribution < -0.4 is 19.8 Å². The van der Waals surface area contributed by atoms with E-state index in [-0.39, 0.29) is 5.91 Å². The molecule has 7 heteroatoms.